The Morgan fingerprint density at radius 3 is 2.81 bits per heavy atom. The van der Waals surface area contributed by atoms with E-state index >= 15 is 0 Å². The zero-order valence-corrected chi connectivity index (χ0v) is 9.73. The average molecular weight is 225 g/mol. The summed E-state index contributed by atoms with van der Waals surface area (Å²) in [5.74, 6) is 0.667. The Hall–Kier alpha value is -1.26. The Bertz CT molecular complexity index is 328. The molecule has 0 amide bonds. The van der Waals surface area contributed by atoms with Gasteiger partial charge < -0.3 is 20.3 Å². The quantitative estimate of drug-likeness (QED) is 0.682. The van der Waals surface area contributed by atoms with Gasteiger partial charge in [-0.2, -0.15) is 0 Å². The molecular weight excluding hydrogens is 206 g/mol. The first kappa shape index (κ1) is 12.8. The van der Waals surface area contributed by atoms with Crippen LogP contribution in [0, 0.1) is 0 Å². The van der Waals surface area contributed by atoms with Crippen molar-refractivity contribution in [3.63, 3.8) is 0 Å². The highest BCUT2D eigenvalue weighted by atomic mass is 16.5. The summed E-state index contributed by atoms with van der Waals surface area (Å²) in [6.07, 6.45) is 0. The number of aromatic hydroxyl groups is 1. The van der Waals surface area contributed by atoms with E-state index in [0.29, 0.717) is 18.9 Å². The minimum atomic E-state index is 0.00940. The van der Waals surface area contributed by atoms with E-state index in [1.54, 1.807) is 6.07 Å². The molecule has 3 N–H and O–H groups in total. The van der Waals surface area contributed by atoms with Crippen LogP contribution in [0.2, 0.25) is 0 Å². The van der Waals surface area contributed by atoms with Gasteiger partial charge in [-0.25, -0.2) is 0 Å². The predicted molar refractivity (Wildman–Crippen MR) is 62.7 cm³/mol. The van der Waals surface area contributed by atoms with Gasteiger partial charge in [0.25, 0.3) is 0 Å². The van der Waals surface area contributed by atoms with E-state index in [1.807, 2.05) is 26.0 Å². The molecule has 0 saturated carbocycles. The Kier molecular flexibility index (Phi) is 5.08. The summed E-state index contributed by atoms with van der Waals surface area (Å²) in [6.45, 7) is 4.86. The molecule has 0 aliphatic heterocycles. The van der Waals surface area contributed by atoms with Crippen molar-refractivity contribution in [1.82, 2.24) is 5.32 Å². The second-order valence-corrected chi connectivity index (χ2v) is 3.66. The van der Waals surface area contributed by atoms with Crippen LogP contribution in [-0.4, -0.2) is 29.5 Å². The van der Waals surface area contributed by atoms with E-state index in [9.17, 15) is 5.11 Å². The van der Waals surface area contributed by atoms with Gasteiger partial charge in [-0.3, -0.25) is 0 Å². The van der Waals surface area contributed by atoms with Gasteiger partial charge in [-0.1, -0.05) is 12.1 Å². The minimum Gasteiger partial charge on any atom is -0.504 e. The summed E-state index contributed by atoms with van der Waals surface area (Å²) in [6, 6.07) is 5.41. The minimum absolute atomic E-state index is 0.00940. The fourth-order valence-corrected chi connectivity index (χ4v) is 1.33. The molecule has 90 valence electrons. The molecule has 4 nitrogen and oxygen atoms in total. The first-order chi connectivity index (χ1) is 7.69. The topological polar surface area (TPSA) is 61.7 Å². The van der Waals surface area contributed by atoms with Crippen molar-refractivity contribution in [1.29, 1.82) is 0 Å². The second-order valence-electron chi connectivity index (χ2n) is 3.66. The molecule has 0 spiro atoms. The highest BCUT2D eigenvalue weighted by Crippen LogP contribution is 2.29. The van der Waals surface area contributed by atoms with E-state index in [4.69, 9.17) is 9.84 Å². The summed E-state index contributed by atoms with van der Waals surface area (Å²) in [5, 5.41) is 21.8. The molecule has 0 radical (unpaired) electrons. The van der Waals surface area contributed by atoms with Crippen molar-refractivity contribution in [2.75, 3.05) is 13.2 Å². The molecule has 0 aromatic heterocycles. The maximum atomic E-state index is 9.88. The smallest absolute Gasteiger partial charge is 0.162 e. The number of aliphatic hydroxyl groups is 1. The first-order valence-corrected chi connectivity index (χ1v) is 5.47. The van der Waals surface area contributed by atoms with E-state index in [0.717, 1.165) is 5.56 Å². The SMILES string of the molecule is CCOc1cccc(CN[C@@H](C)CO)c1O. The van der Waals surface area contributed by atoms with Crippen LogP contribution in [0.4, 0.5) is 0 Å². The summed E-state index contributed by atoms with van der Waals surface area (Å²) < 4.78 is 5.28. The average Bonchev–Trinajstić information content (AvgIpc) is 2.30. The number of hydrogen-bond acceptors (Lipinski definition) is 4. The zero-order valence-electron chi connectivity index (χ0n) is 9.73. The lowest BCUT2D eigenvalue weighted by atomic mass is 10.1. The van der Waals surface area contributed by atoms with E-state index < -0.39 is 0 Å². The van der Waals surface area contributed by atoms with Crippen LogP contribution in [0.1, 0.15) is 19.4 Å². The largest absolute Gasteiger partial charge is 0.504 e. The van der Waals surface area contributed by atoms with Crippen molar-refractivity contribution in [2.45, 2.75) is 26.4 Å². The van der Waals surface area contributed by atoms with Gasteiger partial charge in [0.2, 0.25) is 0 Å². The third kappa shape index (κ3) is 3.40. The Balaban J connectivity index is 2.69. The van der Waals surface area contributed by atoms with Crippen LogP contribution < -0.4 is 10.1 Å². The third-order valence-corrected chi connectivity index (χ3v) is 2.30. The summed E-state index contributed by atoms with van der Waals surface area (Å²) in [5.41, 5.74) is 0.770. The number of phenolic OH excluding ortho intramolecular Hbond substituents is 1. The highest BCUT2D eigenvalue weighted by Gasteiger charge is 2.08. The standard InChI is InChI=1S/C12H19NO3/c1-3-16-11-6-4-5-10(12(11)15)7-13-9(2)8-14/h4-6,9,13-15H,3,7-8H2,1-2H3/t9-/m0/s1. The molecule has 1 aromatic rings. The normalized spacial score (nSPS) is 12.4. The fraction of sp³-hybridized carbons (Fsp3) is 0.500. The zero-order chi connectivity index (χ0) is 12.0. The van der Waals surface area contributed by atoms with Crippen molar-refractivity contribution >= 4 is 0 Å². The van der Waals surface area contributed by atoms with Crippen LogP contribution in [0.5, 0.6) is 11.5 Å². The molecule has 0 unspecified atom stereocenters. The maximum Gasteiger partial charge on any atom is 0.162 e. The molecular formula is C12H19NO3. The Labute approximate surface area is 95.9 Å². The number of rotatable bonds is 6. The van der Waals surface area contributed by atoms with Crippen molar-refractivity contribution in [3.8, 4) is 11.5 Å². The molecule has 16 heavy (non-hydrogen) atoms. The van der Waals surface area contributed by atoms with Gasteiger partial charge in [0.15, 0.2) is 11.5 Å². The number of phenols is 1. The van der Waals surface area contributed by atoms with E-state index in [-0.39, 0.29) is 18.4 Å². The van der Waals surface area contributed by atoms with E-state index in [2.05, 4.69) is 5.32 Å². The number of aliphatic hydroxyl groups excluding tert-OH is 1. The van der Waals surface area contributed by atoms with Crippen molar-refractivity contribution in [2.24, 2.45) is 0 Å². The molecule has 0 fully saturated rings. The second kappa shape index (κ2) is 6.35. The molecule has 0 heterocycles. The van der Waals surface area contributed by atoms with Gasteiger partial charge in [0, 0.05) is 18.2 Å². The fourth-order valence-electron chi connectivity index (χ4n) is 1.33. The number of hydrogen-bond donors (Lipinski definition) is 3. The van der Waals surface area contributed by atoms with E-state index in [1.165, 1.54) is 0 Å². The monoisotopic (exact) mass is 225 g/mol. The van der Waals surface area contributed by atoms with Crippen molar-refractivity contribution < 1.29 is 14.9 Å². The molecule has 0 bridgehead atoms. The number of para-hydroxylation sites is 1. The van der Waals surface area contributed by atoms with Gasteiger partial charge in [0.05, 0.1) is 13.2 Å². The number of benzene rings is 1. The van der Waals surface area contributed by atoms with Crippen LogP contribution in [-0.2, 0) is 6.54 Å². The predicted octanol–water partition coefficient (Wildman–Crippen LogP) is 1.26. The lowest BCUT2D eigenvalue weighted by molar-refractivity contribution is 0.250. The van der Waals surface area contributed by atoms with Crippen molar-refractivity contribution in [3.05, 3.63) is 23.8 Å². The molecule has 1 aromatic carbocycles. The molecule has 0 aliphatic rings. The van der Waals surface area contributed by atoms with Gasteiger partial charge in [-0.05, 0) is 19.9 Å². The highest BCUT2D eigenvalue weighted by molar-refractivity contribution is 5.45. The summed E-state index contributed by atoms with van der Waals surface area (Å²) >= 11 is 0. The molecule has 1 rings (SSSR count). The third-order valence-electron chi connectivity index (χ3n) is 2.30. The Morgan fingerprint density at radius 2 is 2.19 bits per heavy atom. The lowest BCUT2D eigenvalue weighted by Gasteiger charge is -2.13. The first-order valence-electron chi connectivity index (χ1n) is 5.47. The summed E-state index contributed by atoms with van der Waals surface area (Å²) in [7, 11) is 0. The van der Waals surface area contributed by atoms with Gasteiger partial charge >= 0.3 is 0 Å². The molecule has 1 atom stereocenters. The molecule has 4 heteroatoms. The van der Waals surface area contributed by atoms with Gasteiger partial charge in [-0.15, -0.1) is 0 Å². The number of nitrogens with one attached hydrogen (secondary N) is 1. The Morgan fingerprint density at radius 1 is 1.44 bits per heavy atom. The van der Waals surface area contributed by atoms with Crippen LogP contribution >= 0.6 is 0 Å². The number of ether oxygens (including phenoxy) is 1. The summed E-state index contributed by atoms with van der Waals surface area (Å²) in [4.78, 5) is 0. The van der Waals surface area contributed by atoms with Gasteiger partial charge in [0.1, 0.15) is 0 Å². The maximum absolute atomic E-state index is 9.88. The van der Waals surface area contributed by atoms with Crippen LogP contribution in [0.3, 0.4) is 0 Å². The van der Waals surface area contributed by atoms with Crippen LogP contribution in [0.25, 0.3) is 0 Å². The molecule has 0 saturated heterocycles. The van der Waals surface area contributed by atoms with Crippen LogP contribution in [0.15, 0.2) is 18.2 Å². The lowest BCUT2D eigenvalue weighted by Crippen LogP contribution is -2.28. The molecule has 0 aliphatic carbocycles.